The number of benzene rings is 11. The van der Waals surface area contributed by atoms with Crippen molar-refractivity contribution >= 4 is 5.97 Å². The van der Waals surface area contributed by atoms with Crippen LogP contribution >= 0.6 is 0 Å². The van der Waals surface area contributed by atoms with Gasteiger partial charge in [-0.2, -0.15) is 0 Å². The number of fused-ring (bicyclic) bond motifs is 5. The first-order chi connectivity index (χ1) is 66.7. The third-order valence-electron chi connectivity index (χ3n) is 26.5. The number of hydrogen-bond donors (Lipinski definition) is 25. The summed E-state index contributed by atoms with van der Waals surface area (Å²) in [5, 5.41) is 252. The Hall–Kier alpha value is -14.1. The molecule has 0 aromatic heterocycles. The molecule has 0 spiro atoms. The zero-order valence-corrected chi connectivity index (χ0v) is 86.0. The van der Waals surface area contributed by atoms with E-state index in [-0.39, 0.29) is 114 Å². The van der Waals surface area contributed by atoms with Gasteiger partial charge in [-0.3, -0.25) is 0 Å². The van der Waals surface area contributed by atoms with Crippen molar-refractivity contribution < 1.29 is 156 Å². The molecule has 5 heterocycles. The molecule has 14 unspecified atom stereocenters. The Kier molecular flexibility index (Phi) is 31.6. The molecule has 5 aliphatic heterocycles. The second-order valence-electron chi connectivity index (χ2n) is 46.2. The van der Waals surface area contributed by atoms with Crippen molar-refractivity contribution in [2.45, 2.75) is 279 Å². The molecule has 0 amide bonds. The predicted octanol–water partition coefficient (Wildman–Crippen LogP) is 20.9. The average molecular weight is 2010 g/mol. The van der Waals surface area contributed by atoms with Crippen LogP contribution in [-0.2, 0) is 28.1 Å². The summed E-state index contributed by atoms with van der Waals surface area (Å²) in [4.78, 5) is 10.3. The maximum Gasteiger partial charge on any atom is 0.335 e. The van der Waals surface area contributed by atoms with E-state index >= 15 is 0 Å². The van der Waals surface area contributed by atoms with E-state index in [1.54, 1.807) is 24.3 Å². The SMILES string of the molecule is CC(C)(C)c1c(O)cc(O)c2c1OC(c1cc(O)c(O)c(O)c1)C(O)C2C(C)(C)C.CC(C)(C)c1c(O)cc(O)c2c1OC(c1ccc(O)c(O)c1)C(O)C2C(C)(C)C.CC(C)(C)c1cc2c(cc1O)OC(c1cc(O)c(O)c(O)c1)C(O)C2C(C)(C)C.CC(C)(C)c1cc2c(cc1O)OC(c1ccc(O)c(O)c1)C(O)C2C(C)(C)C.O=C(O)c1cc(O)c(O)c(O)c1.OC1Cc2ccccc2OC1c1ccccc1. The van der Waals surface area contributed by atoms with Gasteiger partial charge in [0.1, 0.15) is 93.8 Å². The number of carboxylic acids is 1. The lowest BCUT2D eigenvalue weighted by Crippen LogP contribution is -2.41. The van der Waals surface area contributed by atoms with Crippen molar-refractivity contribution in [3.8, 4) is 138 Å². The second-order valence-corrected chi connectivity index (χ2v) is 46.2. The van der Waals surface area contributed by atoms with Crippen LogP contribution in [0.3, 0.4) is 0 Å². The standard InChI is InChI=1S/C23H30O7.2C23H30O6.C23H30O5.C15H14O2.C7H6O5/c1-22(2,3)16-12(25)9-11(24)15-17(23(4,5)6)19(29)20(30-21(15)16)10-7-13(26)18(28)14(27)8-10;1-22(2,3)13-9-12-17(10-14(13)24)29-21(20(28)18(12)23(4,5)6)11-7-15(25)19(27)16(26)8-11;1-22(2,3)17-15(27)10-14(26)16-18(23(4,5)6)19(28)20(29-21(16)17)11-7-8-12(24)13(25)9-11;1-22(2,3)14-10-13-18(11-16(14)25)28-21(20(27)19(13)23(4,5)6)12-7-8-15(24)17(26)9-12;16-13-10-12-8-4-5-9-14(12)17-15(13)11-6-2-1-3-7-11;8-4-1-3(7(11)12)2-5(9)6(4)10/h7-9,17,19-20,24-29H,1-6H3;7-10,18,20-21,24-28H,1-6H3;7-10,18-20,24-28H,1-6H3;7-11,19-21,24-27H,1-6H3;1-9,13,15-16H,10H2;1-2,8-10H,(H,11,12). The van der Waals surface area contributed by atoms with Crippen LogP contribution in [-0.4, -0.2) is 164 Å². The minimum atomic E-state index is -1.29. The van der Waals surface area contributed by atoms with Crippen LogP contribution in [0.15, 0.2) is 164 Å². The highest BCUT2D eigenvalue weighted by molar-refractivity contribution is 5.89. The first kappa shape index (κ1) is 111. The number of para-hydroxylation sites is 1. The van der Waals surface area contributed by atoms with Gasteiger partial charge in [0.15, 0.2) is 99.2 Å². The van der Waals surface area contributed by atoms with Gasteiger partial charge in [0.25, 0.3) is 0 Å². The molecule has 0 fully saturated rings. The molecule has 0 bridgehead atoms. The van der Waals surface area contributed by atoms with Gasteiger partial charge in [0.05, 0.1) is 11.7 Å². The second kappa shape index (κ2) is 41.2. The summed E-state index contributed by atoms with van der Waals surface area (Å²) in [6, 6.07) is 42.7. The molecule has 782 valence electrons. The van der Waals surface area contributed by atoms with Crippen molar-refractivity contribution in [2.24, 2.45) is 21.7 Å². The van der Waals surface area contributed by atoms with E-state index in [0.29, 0.717) is 62.6 Å². The summed E-state index contributed by atoms with van der Waals surface area (Å²) in [6.07, 6.45) is -7.64. The maximum atomic E-state index is 11.3. The van der Waals surface area contributed by atoms with E-state index in [4.69, 9.17) is 44.1 Å². The van der Waals surface area contributed by atoms with E-state index in [0.717, 1.165) is 51.3 Å². The van der Waals surface area contributed by atoms with Gasteiger partial charge >= 0.3 is 5.97 Å². The van der Waals surface area contributed by atoms with Crippen LogP contribution in [0.2, 0.25) is 0 Å². The molecule has 11 aromatic carbocycles. The fourth-order valence-corrected chi connectivity index (χ4v) is 19.8. The van der Waals surface area contributed by atoms with E-state index in [2.05, 4.69) is 20.8 Å². The number of aliphatic hydroxyl groups excluding tert-OH is 5. The molecule has 145 heavy (non-hydrogen) atoms. The number of ether oxygens (including phenoxy) is 5. The van der Waals surface area contributed by atoms with Gasteiger partial charge in [-0.25, -0.2) is 4.79 Å². The van der Waals surface area contributed by atoms with Crippen molar-refractivity contribution in [1.29, 1.82) is 0 Å². The van der Waals surface area contributed by atoms with Crippen LogP contribution in [0.1, 0.15) is 309 Å². The molecule has 25 N–H and O–H groups in total. The molecule has 14 atom stereocenters. The molecule has 0 saturated heterocycles. The molecule has 31 heteroatoms. The van der Waals surface area contributed by atoms with E-state index in [9.17, 15) is 112 Å². The summed E-state index contributed by atoms with van der Waals surface area (Å²) in [5.74, 6) is -7.27. The number of rotatable bonds is 6. The molecule has 31 nitrogen and oxygen atoms in total. The fourth-order valence-electron chi connectivity index (χ4n) is 19.8. The number of phenols is 19. The number of carboxylic acid groups (broad SMARTS) is 1. The molecule has 11 aromatic rings. The molecule has 5 aliphatic rings. The monoisotopic (exact) mass is 2000 g/mol. The summed E-state index contributed by atoms with van der Waals surface area (Å²) in [6.45, 7) is 47.5. The van der Waals surface area contributed by atoms with Gasteiger partial charge < -0.3 is 151 Å². The molecule has 0 saturated carbocycles. The Morgan fingerprint density at radius 2 is 0.566 bits per heavy atom. The van der Waals surface area contributed by atoms with E-state index < -0.39 is 146 Å². The number of aromatic hydroxyl groups is 19. The van der Waals surface area contributed by atoms with Gasteiger partial charge in [-0.05, 0) is 156 Å². The highest BCUT2D eigenvalue weighted by Gasteiger charge is 2.53. The number of aliphatic hydroxyl groups is 5. The first-order valence-corrected chi connectivity index (χ1v) is 47.6. The summed E-state index contributed by atoms with van der Waals surface area (Å²) >= 11 is 0. The first-order valence-electron chi connectivity index (χ1n) is 47.6. The van der Waals surface area contributed by atoms with Crippen molar-refractivity contribution in [3.05, 3.63) is 247 Å². The van der Waals surface area contributed by atoms with E-state index in [1.807, 2.05) is 212 Å². The van der Waals surface area contributed by atoms with Crippen molar-refractivity contribution in [1.82, 2.24) is 0 Å². The van der Waals surface area contributed by atoms with Crippen LogP contribution < -0.4 is 23.7 Å². The predicted molar refractivity (Wildman–Crippen MR) is 544 cm³/mol. The highest BCUT2D eigenvalue weighted by Crippen LogP contribution is 2.63. The zero-order valence-electron chi connectivity index (χ0n) is 86.0. The van der Waals surface area contributed by atoms with Gasteiger partial charge in [-0.15, -0.1) is 0 Å². The lowest BCUT2D eigenvalue weighted by atomic mass is 9.68. The Bertz CT molecular complexity index is 6500. The highest BCUT2D eigenvalue weighted by atomic mass is 16.5. The average Bonchev–Trinajstić information content (AvgIpc) is 0.729. The number of carbonyl (C=O) groups is 1. The normalized spacial score (nSPS) is 21.1. The lowest BCUT2D eigenvalue weighted by molar-refractivity contribution is -0.0296. The molecule has 0 aliphatic carbocycles. The van der Waals surface area contributed by atoms with Crippen molar-refractivity contribution in [2.75, 3.05) is 0 Å². The van der Waals surface area contributed by atoms with Crippen LogP contribution in [0.4, 0.5) is 0 Å². The number of hydrogen-bond acceptors (Lipinski definition) is 30. The largest absolute Gasteiger partial charge is 0.508 e. The Morgan fingerprint density at radius 3 is 0.897 bits per heavy atom. The zero-order chi connectivity index (χ0) is 109. The third kappa shape index (κ3) is 23.8. The van der Waals surface area contributed by atoms with E-state index in [1.165, 1.54) is 60.7 Å². The molecule has 16 rings (SSSR count). The Balaban J connectivity index is 0.000000169. The fraction of sp³-hybridized carbons (Fsp3) is 0.412. The summed E-state index contributed by atoms with van der Waals surface area (Å²) < 4.78 is 30.4. The topological polar surface area (TPSA) is 569 Å². The molecular formula is C114H140O31. The van der Waals surface area contributed by atoms with Crippen LogP contribution in [0.5, 0.6) is 138 Å². The van der Waals surface area contributed by atoms with Crippen molar-refractivity contribution in [3.63, 3.8) is 0 Å². The van der Waals surface area contributed by atoms with Gasteiger partial charge in [0.2, 0.25) is 0 Å². The van der Waals surface area contributed by atoms with Gasteiger partial charge in [0, 0.05) is 98.9 Å². The Labute approximate surface area is 843 Å². The minimum absolute atomic E-state index is 0.0786. The maximum absolute atomic E-state index is 11.3. The Morgan fingerprint density at radius 1 is 0.262 bits per heavy atom. The van der Waals surface area contributed by atoms with Gasteiger partial charge in [-0.1, -0.05) is 227 Å². The van der Waals surface area contributed by atoms with Crippen LogP contribution in [0.25, 0.3) is 0 Å². The number of phenolic OH excluding ortho intramolecular Hbond substituents is 19. The smallest absolute Gasteiger partial charge is 0.335 e. The third-order valence-corrected chi connectivity index (χ3v) is 26.5. The quantitative estimate of drug-likeness (QED) is 0.0688. The summed E-state index contributed by atoms with van der Waals surface area (Å²) in [5.41, 5.74) is 5.37. The molecular weight excluding hydrogens is 1870 g/mol. The summed E-state index contributed by atoms with van der Waals surface area (Å²) in [7, 11) is 0. The number of aromatic carboxylic acids is 1. The lowest BCUT2D eigenvalue weighted by Gasteiger charge is -2.45. The molecule has 0 radical (unpaired) electrons. The van der Waals surface area contributed by atoms with Crippen LogP contribution in [0, 0.1) is 21.7 Å². The minimum Gasteiger partial charge on any atom is -0.508 e.